The Bertz CT molecular complexity index is 545. The third-order valence-corrected chi connectivity index (χ3v) is 2.87. The lowest BCUT2D eigenvalue weighted by Gasteiger charge is -2.33. The minimum atomic E-state index is -6.85. The highest BCUT2D eigenvalue weighted by atomic mass is 19.4. The van der Waals surface area contributed by atoms with Crippen LogP contribution >= 0.6 is 0 Å². The number of carboxylic acids is 2. The van der Waals surface area contributed by atoms with Gasteiger partial charge in [-0.3, -0.25) is 4.79 Å². The summed E-state index contributed by atoms with van der Waals surface area (Å²) in [5, 5.41) is 16.9. The molecule has 0 radical (unpaired) electrons. The number of rotatable bonds is 5. The summed E-state index contributed by atoms with van der Waals surface area (Å²) < 4.78 is 153. The molecular weight excluding hydrogens is 424 g/mol. The second kappa shape index (κ2) is 7.46. The summed E-state index contributed by atoms with van der Waals surface area (Å²) in [6, 6.07) is 0. The molecule has 0 aliphatic heterocycles. The Morgan fingerprint density at radius 1 is 0.630 bits per heavy atom. The van der Waals surface area contributed by atoms with Crippen LogP contribution in [-0.4, -0.2) is 46.9 Å². The zero-order valence-electron chi connectivity index (χ0n) is 12.1. The lowest BCUT2D eigenvalue weighted by molar-refractivity contribution is -0.301. The first-order valence-corrected chi connectivity index (χ1v) is 6.06. The second-order valence-electron chi connectivity index (χ2n) is 4.84. The minimum absolute atomic E-state index is 2.46. The van der Waals surface area contributed by atoms with Crippen LogP contribution in [0.2, 0.25) is 0 Å². The lowest BCUT2D eigenvalue weighted by Crippen LogP contribution is -2.48. The van der Waals surface area contributed by atoms with E-state index in [0.717, 1.165) is 0 Å². The average molecular weight is 430 g/mol. The summed E-state index contributed by atoms with van der Waals surface area (Å²) in [5.41, 5.74) is -6.54. The molecule has 0 heterocycles. The summed E-state index contributed by atoms with van der Waals surface area (Å²) in [7, 11) is 0. The largest absolute Gasteiger partial charge is 0.481 e. The van der Waals surface area contributed by atoms with Crippen molar-refractivity contribution >= 4 is 11.9 Å². The number of allylic oxidation sites excluding steroid dienone is 1. The molecule has 2 N–H and O–H groups in total. The van der Waals surface area contributed by atoms with E-state index in [-0.39, 0.29) is 0 Å². The van der Waals surface area contributed by atoms with Crippen LogP contribution in [0, 0.1) is 11.8 Å². The van der Waals surface area contributed by atoms with Crippen molar-refractivity contribution in [3.63, 3.8) is 0 Å². The molecule has 0 saturated heterocycles. The number of hydrogen-bond acceptors (Lipinski definition) is 2. The summed E-state index contributed by atoms with van der Waals surface area (Å²) >= 11 is 0. The lowest BCUT2D eigenvalue weighted by atomic mass is 9.81. The number of alkyl halides is 12. The van der Waals surface area contributed by atoms with Gasteiger partial charge in [-0.2, -0.15) is 52.7 Å². The smallest absolute Gasteiger partial charge is 0.404 e. The van der Waals surface area contributed by atoms with E-state index in [4.69, 9.17) is 10.2 Å². The maximum Gasteiger partial charge on any atom is 0.404 e. The average Bonchev–Trinajstić information content (AvgIpc) is 2.27. The molecular formula is C11H6F12O4. The predicted molar refractivity (Wildman–Crippen MR) is 58.1 cm³/mol. The highest BCUT2D eigenvalue weighted by Crippen LogP contribution is 2.54. The Morgan fingerprint density at radius 2 is 0.889 bits per heavy atom. The zero-order valence-corrected chi connectivity index (χ0v) is 12.1. The Balaban J connectivity index is 7.40. The van der Waals surface area contributed by atoms with E-state index < -0.39 is 66.0 Å². The second-order valence-corrected chi connectivity index (χ2v) is 4.84. The van der Waals surface area contributed by atoms with Crippen molar-refractivity contribution < 1.29 is 72.5 Å². The topological polar surface area (TPSA) is 74.6 Å². The van der Waals surface area contributed by atoms with E-state index in [1.807, 2.05) is 0 Å². The van der Waals surface area contributed by atoms with Gasteiger partial charge in [0, 0.05) is 5.57 Å². The normalized spacial score (nSPS) is 13.9. The Labute approximate surface area is 140 Å². The maximum atomic E-state index is 12.7. The monoisotopic (exact) mass is 430 g/mol. The van der Waals surface area contributed by atoms with Gasteiger partial charge in [-0.25, -0.2) is 4.79 Å². The van der Waals surface area contributed by atoms with Crippen molar-refractivity contribution in [2.75, 3.05) is 0 Å². The van der Waals surface area contributed by atoms with Crippen molar-refractivity contribution in [3.05, 3.63) is 11.1 Å². The third kappa shape index (κ3) is 6.50. The summed E-state index contributed by atoms with van der Waals surface area (Å²) in [5.74, 6) is -16.7. The molecule has 0 spiro atoms. The Morgan fingerprint density at radius 3 is 1.04 bits per heavy atom. The Hall–Kier alpha value is -2.16. The molecule has 0 aliphatic carbocycles. The van der Waals surface area contributed by atoms with Gasteiger partial charge in [0.2, 0.25) is 0 Å². The van der Waals surface area contributed by atoms with E-state index >= 15 is 0 Å². The van der Waals surface area contributed by atoms with Crippen LogP contribution in [0.1, 0.15) is 6.42 Å². The number of carbonyl (C=O) groups is 2. The van der Waals surface area contributed by atoms with Crippen LogP contribution in [-0.2, 0) is 9.59 Å². The molecule has 0 bridgehead atoms. The number of aliphatic carboxylic acids is 2. The molecule has 0 saturated carbocycles. The van der Waals surface area contributed by atoms with E-state index in [2.05, 4.69) is 0 Å². The first kappa shape index (κ1) is 24.8. The van der Waals surface area contributed by atoms with Crippen LogP contribution in [0.5, 0.6) is 0 Å². The van der Waals surface area contributed by atoms with E-state index in [0.29, 0.717) is 0 Å². The number of hydrogen-bond donors (Lipinski definition) is 2. The number of carboxylic acid groups (broad SMARTS) is 2. The van der Waals surface area contributed by atoms with Gasteiger partial charge in [0.05, 0.1) is 6.42 Å². The van der Waals surface area contributed by atoms with Gasteiger partial charge in [-0.15, -0.1) is 0 Å². The van der Waals surface area contributed by atoms with Crippen LogP contribution < -0.4 is 0 Å². The summed E-state index contributed by atoms with van der Waals surface area (Å²) in [6.07, 6.45) is -29.8. The molecule has 0 aliphatic rings. The molecule has 27 heavy (non-hydrogen) atoms. The van der Waals surface area contributed by atoms with Gasteiger partial charge in [0.1, 0.15) is 0 Å². The van der Waals surface area contributed by atoms with Gasteiger partial charge in [-0.05, 0) is 5.57 Å². The first-order valence-electron chi connectivity index (χ1n) is 6.06. The predicted octanol–water partition coefficient (Wildman–Crippen LogP) is 4.32. The fourth-order valence-corrected chi connectivity index (χ4v) is 2.04. The van der Waals surface area contributed by atoms with Crippen molar-refractivity contribution in [2.45, 2.75) is 31.1 Å². The van der Waals surface area contributed by atoms with Crippen molar-refractivity contribution in [3.8, 4) is 0 Å². The number of halogens is 12. The molecule has 0 aromatic rings. The third-order valence-electron chi connectivity index (χ3n) is 2.87. The van der Waals surface area contributed by atoms with Crippen molar-refractivity contribution in [2.24, 2.45) is 11.8 Å². The summed E-state index contributed by atoms with van der Waals surface area (Å²) in [4.78, 5) is 21.2. The molecule has 0 unspecified atom stereocenters. The quantitative estimate of drug-likeness (QED) is 0.503. The fraction of sp³-hybridized carbons (Fsp3) is 0.636. The van der Waals surface area contributed by atoms with Crippen molar-refractivity contribution in [1.82, 2.24) is 0 Å². The first-order chi connectivity index (χ1) is 11.6. The van der Waals surface area contributed by atoms with Gasteiger partial charge < -0.3 is 10.2 Å². The molecule has 0 fully saturated rings. The molecule has 0 atom stereocenters. The standard InChI is InChI=1S/C11H6F12O4/c12-8(13,14)5(9(15,16)17)4(2(7(26)27)1-3(24)25)6(10(18,19)20)11(21,22)23/h5-6H,1H2,(H,24,25)(H,26,27). The van der Waals surface area contributed by atoms with Crippen molar-refractivity contribution in [1.29, 1.82) is 0 Å². The van der Waals surface area contributed by atoms with Gasteiger partial charge in [-0.1, -0.05) is 0 Å². The molecule has 158 valence electrons. The molecule has 0 aromatic carbocycles. The van der Waals surface area contributed by atoms with Gasteiger partial charge >= 0.3 is 36.6 Å². The Kier molecular flexibility index (Phi) is 6.86. The molecule has 16 heteroatoms. The van der Waals surface area contributed by atoms with E-state index in [9.17, 15) is 62.3 Å². The van der Waals surface area contributed by atoms with E-state index in [1.54, 1.807) is 0 Å². The van der Waals surface area contributed by atoms with Crippen LogP contribution in [0.25, 0.3) is 0 Å². The van der Waals surface area contributed by atoms with Crippen LogP contribution in [0.3, 0.4) is 0 Å². The zero-order chi connectivity index (χ0) is 22.2. The maximum absolute atomic E-state index is 12.7. The van der Waals surface area contributed by atoms with Gasteiger partial charge in [0.15, 0.2) is 11.8 Å². The van der Waals surface area contributed by atoms with Crippen LogP contribution in [0.4, 0.5) is 52.7 Å². The highest BCUT2D eigenvalue weighted by Gasteiger charge is 2.68. The molecule has 0 amide bonds. The van der Waals surface area contributed by atoms with Crippen LogP contribution in [0.15, 0.2) is 11.1 Å². The highest BCUT2D eigenvalue weighted by molar-refractivity contribution is 5.93. The summed E-state index contributed by atoms with van der Waals surface area (Å²) in [6.45, 7) is 0. The SMILES string of the molecule is O=C(O)CC(C(=O)O)=C(C(C(F)(F)F)C(F)(F)F)C(C(F)(F)F)C(F)(F)F. The molecule has 0 rings (SSSR count). The van der Waals surface area contributed by atoms with Gasteiger partial charge in [0.25, 0.3) is 0 Å². The fourth-order valence-electron chi connectivity index (χ4n) is 2.04. The molecule has 4 nitrogen and oxygen atoms in total. The minimum Gasteiger partial charge on any atom is -0.481 e. The van der Waals surface area contributed by atoms with E-state index in [1.165, 1.54) is 0 Å². The molecule has 0 aromatic heterocycles.